The van der Waals surface area contributed by atoms with Gasteiger partial charge in [0.15, 0.2) is 0 Å². The minimum absolute atomic E-state index is 0.00624. The Morgan fingerprint density at radius 3 is 1.94 bits per heavy atom. The number of aromatic amines is 1. The summed E-state index contributed by atoms with van der Waals surface area (Å²) in [5.41, 5.74) is 7.12. The molecule has 258 valence electrons. The van der Waals surface area contributed by atoms with Crippen molar-refractivity contribution in [3.63, 3.8) is 0 Å². The van der Waals surface area contributed by atoms with Gasteiger partial charge in [0.25, 0.3) is 0 Å². The molecule has 17 heteroatoms. The molecule has 1 heterocycles. The Hall–Kier alpha value is -4.64. The van der Waals surface area contributed by atoms with Gasteiger partial charge < -0.3 is 47.3 Å². The summed E-state index contributed by atoms with van der Waals surface area (Å²) in [6.07, 6.45) is 4.01. The quantitative estimate of drug-likeness (QED) is 0.0861. The van der Waals surface area contributed by atoms with Crippen LogP contribution in [0.4, 0.5) is 0 Å². The van der Waals surface area contributed by atoms with E-state index in [1.54, 1.807) is 18.4 Å². The number of rotatable bonds is 20. The number of H-pyrrole nitrogens is 1. The maximum atomic E-state index is 13.7. The molecule has 2 rings (SSSR count). The Morgan fingerprint density at radius 1 is 0.851 bits per heavy atom. The summed E-state index contributed by atoms with van der Waals surface area (Å²) >= 11 is 1.36. The Kier molecular flexibility index (Phi) is 15.7. The molecule has 0 aliphatic heterocycles. The van der Waals surface area contributed by atoms with Crippen LogP contribution in [0.2, 0.25) is 0 Å². The number of aromatic hydroxyl groups is 1. The lowest BCUT2D eigenvalue weighted by Crippen LogP contribution is -2.59. The number of nitrogens with one attached hydrogen (secondary N) is 5. The highest BCUT2D eigenvalue weighted by atomic mass is 32.2. The lowest BCUT2D eigenvalue weighted by atomic mass is 10.0. The molecule has 0 spiro atoms. The van der Waals surface area contributed by atoms with Crippen molar-refractivity contribution in [1.29, 1.82) is 0 Å². The standard InChI is InChI=1S/C30H43N7O9S/c1-16(2)10-20(31)26(41)35-22(11-17-4-6-19(38)7-5-17)28(43)36-23(12-18-14-32-15-33-18)29(44)34-21(8-9-47-3)27(42)37-24(30(45)46)13-25(39)40/h4-7,14-16,20-24,38H,8-13,31H2,1-3H3,(H,32,33)(H,34,44)(H,35,41)(H,36,43)(H,37,42)(H,39,40)(H,45,46)/t20-,21-,22-,23-,24-/m0/s1. The number of hydrogen-bond acceptors (Lipinski definition) is 10. The van der Waals surface area contributed by atoms with Gasteiger partial charge in [-0.15, -0.1) is 0 Å². The van der Waals surface area contributed by atoms with E-state index in [1.165, 1.54) is 36.4 Å². The SMILES string of the molecule is CSCC[C@H](NC(=O)[C@H](Cc1cnc[nH]1)NC(=O)[C@H](Cc1ccc(O)cc1)NC(=O)[C@@H](N)CC(C)C)C(=O)N[C@@H](CC(=O)O)C(=O)O. The van der Waals surface area contributed by atoms with Crippen LogP contribution in [0, 0.1) is 5.92 Å². The lowest BCUT2D eigenvalue weighted by molar-refractivity contribution is -0.147. The molecule has 5 atom stereocenters. The minimum Gasteiger partial charge on any atom is -0.508 e. The van der Waals surface area contributed by atoms with Crippen molar-refractivity contribution in [1.82, 2.24) is 31.2 Å². The number of imidazole rings is 1. The Bertz CT molecular complexity index is 1360. The normalized spacial score (nSPS) is 14.2. The molecule has 47 heavy (non-hydrogen) atoms. The average molecular weight is 678 g/mol. The maximum Gasteiger partial charge on any atom is 0.326 e. The molecular weight excluding hydrogens is 634 g/mol. The highest BCUT2D eigenvalue weighted by molar-refractivity contribution is 7.98. The van der Waals surface area contributed by atoms with Crippen molar-refractivity contribution in [3.05, 3.63) is 48.0 Å². The second kappa shape index (κ2) is 19.1. The molecule has 4 amide bonds. The topological polar surface area (TPSA) is 266 Å². The number of phenolic OH excluding ortho intramolecular Hbond substituents is 1. The number of carbonyl (C=O) groups excluding carboxylic acids is 4. The van der Waals surface area contributed by atoms with E-state index in [2.05, 4.69) is 31.2 Å². The number of nitrogens with zero attached hydrogens (tertiary/aromatic N) is 1. The summed E-state index contributed by atoms with van der Waals surface area (Å²) in [6.45, 7) is 3.79. The third-order valence-corrected chi connectivity index (χ3v) is 7.56. The van der Waals surface area contributed by atoms with E-state index in [-0.39, 0.29) is 30.9 Å². The summed E-state index contributed by atoms with van der Waals surface area (Å²) in [4.78, 5) is 82.9. The van der Waals surface area contributed by atoms with Gasteiger partial charge in [-0.05, 0) is 48.5 Å². The zero-order valence-electron chi connectivity index (χ0n) is 26.4. The summed E-state index contributed by atoms with van der Waals surface area (Å²) in [5.74, 6) is -5.53. The molecule has 0 aliphatic carbocycles. The molecule has 0 fully saturated rings. The van der Waals surface area contributed by atoms with Gasteiger partial charge in [-0.25, -0.2) is 9.78 Å². The van der Waals surface area contributed by atoms with Crippen LogP contribution in [-0.4, -0.2) is 103 Å². The van der Waals surface area contributed by atoms with Crippen molar-refractivity contribution in [2.45, 2.75) is 76.2 Å². The first-order valence-corrected chi connectivity index (χ1v) is 16.2. The van der Waals surface area contributed by atoms with Crippen LogP contribution in [0.1, 0.15) is 44.4 Å². The van der Waals surface area contributed by atoms with Gasteiger partial charge in [-0.1, -0.05) is 26.0 Å². The molecule has 2 aromatic rings. The first-order valence-electron chi connectivity index (χ1n) is 14.9. The predicted octanol–water partition coefficient (Wildman–Crippen LogP) is -0.474. The number of carboxylic acids is 2. The number of aromatic nitrogens is 2. The molecule has 1 aromatic carbocycles. The van der Waals surface area contributed by atoms with Crippen LogP contribution < -0.4 is 27.0 Å². The van der Waals surface area contributed by atoms with Crippen LogP contribution in [0.5, 0.6) is 5.75 Å². The molecule has 16 nitrogen and oxygen atoms in total. The molecule has 0 aliphatic rings. The minimum atomic E-state index is -1.74. The van der Waals surface area contributed by atoms with Crippen molar-refractivity contribution < 1.29 is 44.1 Å². The Balaban J connectivity index is 2.34. The molecule has 0 unspecified atom stereocenters. The first-order chi connectivity index (χ1) is 22.2. The van der Waals surface area contributed by atoms with E-state index in [1.807, 2.05) is 13.8 Å². The van der Waals surface area contributed by atoms with Crippen molar-refractivity contribution in [2.24, 2.45) is 11.7 Å². The van der Waals surface area contributed by atoms with E-state index in [0.29, 0.717) is 23.4 Å². The average Bonchev–Trinajstić information content (AvgIpc) is 3.51. The van der Waals surface area contributed by atoms with Crippen LogP contribution in [-0.2, 0) is 41.6 Å². The number of hydrogen-bond donors (Lipinski definition) is 9. The molecule has 0 radical (unpaired) electrons. The largest absolute Gasteiger partial charge is 0.508 e. The second-order valence-electron chi connectivity index (χ2n) is 11.3. The van der Waals surface area contributed by atoms with Crippen molar-refractivity contribution in [2.75, 3.05) is 12.0 Å². The fourth-order valence-corrected chi connectivity index (χ4v) is 4.96. The number of aliphatic carboxylic acids is 2. The molecule has 0 bridgehead atoms. The number of phenols is 1. The monoisotopic (exact) mass is 677 g/mol. The molecular formula is C30H43N7O9S. The molecule has 0 saturated carbocycles. The maximum absolute atomic E-state index is 13.7. The number of nitrogens with two attached hydrogens (primary N) is 1. The third-order valence-electron chi connectivity index (χ3n) is 6.92. The van der Waals surface area contributed by atoms with E-state index in [9.17, 15) is 39.0 Å². The van der Waals surface area contributed by atoms with Crippen molar-refractivity contribution in [3.8, 4) is 5.75 Å². The summed E-state index contributed by atoms with van der Waals surface area (Å²) in [6, 6.07) is -0.389. The van der Waals surface area contributed by atoms with Crippen LogP contribution in [0.25, 0.3) is 0 Å². The number of carbonyl (C=O) groups is 6. The summed E-state index contributed by atoms with van der Waals surface area (Å²) in [5, 5.41) is 38.1. The smallest absolute Gasteiger partial charge is 0.326 e. The third kappa shape index (κ3) is 13.7. The van der Waals surface area contributed by atoms with E-state index in [4.69, 9.17) is 10.8 Å². The summed E-state index contributed by atoms with van der Waals surface area (Å²) in [7, 11) is 0. The summed E-state index contributed by atoms with van der Waals surface area (Å²) < 4.78 is 0. The highest BCUT2D eigenvalue weighted by Gasteiger charge is 2.33. The molecule has 0 saturated heterocycles. The van der Waals surface area contributed by atoms with E-state index in [0.717, 1.165) is 0 Å². The number of benzene rings is 1. The van der Waals surface area contributed by atoms with Gasteiger partial charge in [-0.2, -0.15) is 11.8 Å². The molecule has 10 N–H and O–H groups in total. The zero-order valence-corrected chi connectivity index (χ0v) is 27.2. The van der Waals surface area contributed by atoms with Gasteiger partial charge >= 0.3 is 11.9 Å². The zero-order chi connectivity index (χ0) is 35.1. The number of carboxylic acid groups (broad SMARTS) is 2. The first kappa shape index (κ1) is 38.5. The van der Waals surface area contributed by atoms with Gasteiger partial charge in [0, 0.05) is 24.7 Å². The Labute approximate surface area is 276 Å². The second-order valence-corrected chi connectivity index (χ2v) is 12.3. The van der Waals surface area contributed by atoms with Gasteiger partial charge in [-0.3, -0.25) is 24.0 Å². The Morgan fingerprint density at radius 2 is 1.40 bits per heavy atom. The molecule has 1 aromatic heterocycles. The fraction of sp³-hybridized carbons (Fsp3) is 0.500. The lowest BCUT2D eigenvalue weighted by Gasteiger charge is -2.26. The van der Waals surface area contributed by atoms with Gasteiger partial charge in [0.1, 0.15) is 29.9 Å². The predicted molar refractivity (Wildman–Crippen MR) is 172 cm³/mol. The fourth-order valence-electron chi connectivity index (χ4n) is 4.49. The number of amides is 4. The van der Waals surface area contributed by atoms with Crippen molar-refractivity contribution >= 4 is 47.3 Å². The van der Waals surface area contributed by atoms with Gasteiger partial charge in [0.05, 0.1) is 18.8 Å². The van der Waals surface area contributed by atoms with Crippen LogP contribution in [0.3, 0.4) is 0 Å². The van der Waals surface area contributed by atoms with E-state index < -0.39 is 72.2 Å². The van der Waals surface area contributed by atoms with E-state index >= 15 is 0 Å². The van der Waals surface area contributed by atoms with Crippen LogP contribution in [0.15, 0.2) is 36.8 Å². The highest BCUT2D eigenvalue weighted by Crippen LogP contribution is 2.13. The van der Waals surface area contributed by atoms with Gasteiger partial charge in [0.2, 0.25) is 23.6 Å². The number of thioether (sulfide) groups is 1. The van der Waals surface area contributed by atoms with Crippen LogP contribution >= 0.6 is 11.8 Å².